The van der Waals surface area contributed by atoms with Crippen molar-refractivity contribution >= 4 is 11.3 Å². The minimum absolute atomic E-state index is 0.226. The van der Waals surface area contributed by atoms with Crippen LogP contribution in [0.3, 0.4) is 0 Å². The van der Waals surface area contributed by atoms with E-state index in [1.54, 1.807) is 0 Å². The summed E-state index contributed by atoms with van der Waals surface area (Å²) >= 11 is 1.82. The Hall–Kier alpha value is -1.27. The molecule has 0 amide bonds. The maximum absolute atomic E-state index is 6.17. The van der Waals surface area contributed by atoms with Gasteiger partial charge in [-0.1, -0.05) is 37.6 Å². The van der Waals surface area contributed by atoms with Gasteiger partial charge in [0, 0.05) is 24.7 Å². The van der Waals surface area contributed by atoms with Gasteiger partial charge in [0.2, 0.25) is 0 Å². The number of thiazole rings is 1. The highest BCUT2D eigenvalue weighted by molar-refractivity contribution is 7.15. The Bertz CT molecular complexity index is 819. The molecule has 0 radical (unpaired) electrons. The minimum atomic E-state index is 0.226. The van der Waals surface area contributed by atoms with E-state index in [-0.39, 0.29) is 12.3 Å². The summed E-state index contributed by atoms with van der Waals surface area (Å²) in [7, 11) is 0. The predicted molar refractivity (Wildman–Crippen MR) is 119 cm³/mol. The molecule has 4 heterocycles. The van der Waals surface area contributed by atoms with E-state index < -0.39 is 0 Å². The smallest absolute Gasteiger partial charge is 0.143 e. The molecule has 1 aromatic heterocycles. The third kappa shape index (κ3) is 4.15. The molecule has 3 aliphatic heterocycles. The molecule has 0 aliphatic carbocycles. The van der Waals surface area contributed by atoms with Crippen LogP contribution in [0.2, 0.25) is 0 Å². The number of rotatable bonds is 6. The second-order valence-corrected chi connectivity index (χ2v) is 9.90. The van der Waals surface area contributed by atoms with Crippen molar-refractivity contribution in [3.63, 3.8) is 0 Å². The maximum atomic E-state index is 6.17. The number of aryl methyl sites for hydroxylation is 2. The van der Waals surface area contributed by atoms with Gasteiger partial charge < -0.3 is 9.64 Å². The van der Waals surface area contributed by atoms with Crippen LogP contribution in [0.25, 0.3) is 10.6 Å². The van der Waals surface area contributed by atoms with Crippen molar-refractivity contribution in [3.8, 4) is 10.6 Å². The fourth-order valence-electron chi connectivity index (χ4n) is 5.08. The highest BCUT2D eigenvalue weighted by atomic mass is 32.1. The highest BCUT2D eigenvalue weighted by Crippen LogP contribution is 2.47. The SMILES string of the molecule is CCCc1ccc(-c2nc(C)c(C3OC3N3CCC(N4CCCC4)CC3)s2)cc1. The van der Waals surface area contributed by atoms with Gasteiger partial charge in [0.1, 0.15) is 17.3 Å². The van der Waals surface area contributed by atoms with Gasteiger partial charge in [-0.15, -0.1) is 11.3 Å². The molecule has 2 aromatic rings. The number of aromatic nitrogens is 1. The van der Waals surface area contributed by atoms with E-state index in [9.17, 15) is 0 Å². The molecule has 1 aromatic carbocycles. The number of nitrogens with zero attached hydrogens (tertiary/aromatic N) is 3. The van der Waals surface area contributed by atoms with Crippen molar-refractivity contribution in [3.05, 3.63) is 40.4 Å². The Morgan fingerprint density at radius 1 is 1.03 bits per heavy atom. The van der Waals surface area contributed by atoms with Crippen LogP contribution in [0.4, 0.5) is 0 Å². The molecular weight excluding hydrogens is 378 g/mol. The number of hydrogen-bond acceptors (Lipinski definition) is 5. The number of piperidine rings is 1. The summed E-state index contributed by atoms with van der Waals surface area (Å²) < 4.78 is 6.17. The van der Waals surface area contributed by atoms with E-state index in [2.05, 4.69) is 47.9 Å². The van der Waals surface area contributed by atoms with Crippen molar-refractivity contribution in [2.75, 3.05) is 26.2 Å². The van der Waals surface area contributed by atoms with Crippen molar-refractivity contribution in [2.45, 2.75) is 70.7 Å². The van der Waals surface area contributed by atoms with Crippen LogP contribution in [0.5, 0.6) is 0 Å². The molecule has 0 bridgehead atoms. The van der Waals surface area contributed by atoms with Crippen LogP contribution in [0.1, 0.15) is 61.3 Å². The third-order valence-electron chi connectivity index (χ3n) is 6.81. The number of ether oxygens (including phenoxy) is 1. The van der Waals surface area contributed by atoms with Gasteiger partial charge in [-0.25, -0.2) is 4.98 Å². The molecule has 29 heavy (non-hydrogen) atoms. The van der Waals surface area contributed by atoms with Crippen LogP contribution in [0, 0.1) is 6.92 Å². The highest BCUT2D eigenvalue weighted by Gasteiger charge is 2.47. The summed E-state index contributed by atoms with van der Waals surface area (Å²) in [6.45, 7) is 9.34. The molecule has 0 N–H and O–H groups in total. The number of likely N-dealkylation sites (tertiary alicyclic amines) is 2. The maximum Gasteiger partial charge on any atom is 0.143 e. The summed E-state index contributed by atoms with van der Waals surface area (Å²) in [6.07, 6.45) is 8.21. The van der Waals surface area contributed by atoms with Crippen LogP contribution >= 0.6 is 11.3 Å². The Labute approximate surface area is 178 Å². The fraction of sp³-hybridized carbons (Fsp3) is 0.625. The quantitative estimate of drug-likeness (QED) is 0.624. The van der Waals surface area contributed by atoms with Gasteiger partial charge in [0.25, 0.3) is 0 Å². The average Bonchev–Trinajstić information content (AvgIpc) is 3.15. The lowest BCUT2D eigenvalue weighted by atomic mass is 10.0. The average molecular weight is 412 g/mol. The lowest BCUT2D eigenvalue weighted by Gasteiger charge is -2.36. The third-order valence-corrected chi connectivity index (χ3v) is 8.08. The topological polar surface area (TPSA) is 31.9 Å². The van der Waals surface area contributed by atoms with Crippen molar-refractivity contribution in [2.24, 2.45) is 0 Å². The first kappa shape index (κ1) is 19.7. The van der Waals surface area contributed by atoms with E-state index in [0.717, 1.165) is 23.2 Å². The lowest BCUT2D eigenvalue weighted by Crippen LogP contribution is -2.44. The van der Waals surface area contributed by atoms with Crippen LogP contribution < -0.4 is 0 Å². The molecular formula is C24H33N3OS. The van der Waals surface area contributed by atoms with E-state index in [0.29, 0.717) is 0 Å². The fourth-order valence-corrected chi connectivity index (χ4v) is 6.21. The second-order valence-electron chi connectivity index (χ2n) is 8.87. The normalized spacial score (nSPS) is 26.3. The van der Waals surface area contributed by atoms with Gasteiger partial charge in [0.15, 0.2) is 0 Å². The van der Waals surface area contributed by atoms with E-state index in [1.165, 1.54) is 74.3 Å². The number of benzene rings is 1. The monoisotopic (exact) mass is 411 g/mol. The molecule has 5 heteroatoms. The van der Waals surface area contributed by atoms with E-state index in [1.807, 2.05) is 11.3 Å². The van der Waals surface area contributed by atoms with Gasteiger partial charge in [-0.05, 0) is 57.7 Å². The molecule has 3 aliphatic rings. The first-order chi connectivity index (χ1) is 14.2. The molecule has 2 unspecified atom stereocenters. The molecule has 2 atom stereocenters. The Kier molecular flexibility index (Phi) is 5.74. The summed E-state index contributed by atoms with van der Waals surface area (Å²) in [5, 5.41) is 1.13. The van der Waals surface area contributed by atoms with Gasteiger partial charge in [-0.2, -0.15) is 0 Å². The minimum Gasteiger partial charge on any atom is -0.347 e. The Balaban J connectivity index is 1.20. The zero-order valence-electron chi connectivity index (χ0n) is 17.8. The van der Waals surface area contributed by atoms with Crippen LogP contribution in [-0.2, 0) is 11.2 Å². The molecule has 0 saturated carbocycles. The Morgan fingerprint density at radius 3 is 2.45 bits per heavy atom. The molecule has 0 spiro atoms. The van der Waals surface area contributed by atoms with Crippen LogP contribution in [-0.4, -0.2) is 53.2 Å². The van der Waals surface area contributed by atoms with Gasteiger partial charge in [0.05, 0.1) is 10.6 Å². The summed E-state index contributed by atoms with van der Waals surface area (Å²) in [6, 6.07) is 9.74. The first-order valence-corrected chi connectivity index (χ1v) is 12.2. The van der Waals surface area contributed by atoms with E-state index in [4.69, 9.17) is 9.72 Å². The number of hydrogen-bond donors (Lipinski definition) is 0. The summed E-state index contributed by atoms with van der Waals surface area (Å²) in [5.74, 6) is 0. The molecule has 4 nitrogen and oxygen atoms in total. The predicted octanol–water partition coefficient (Wildman–Crippen LogP) is 5.03. The van der Waals surface area contributed by atoms with Gasteiger partial charge in [-0.3, -0.25) is 4.90 Å². The molecule has 3 fully saturated rings. The molecule has 5 rings (SSSR count). The van der Waals surface area contributed by atoms with Crippen LogP contribution in [0.15, 0.2) is 24.3 Å². The number of epoxide rings is 1. The lowest BCUT2D eigenvalue weighted by molar-refractivity contribution is 0.0920. The summed E-state index contributed by atoms with van der Waals surface area (Å²) in [5.41, 5.74) is 3.78. The van der Waals surface area contributed by atoms with Crippen molar-refractivity contribution in [1.82, 2.24) is 14.8 Å². The Morgan fingerprint density at radius 2 is 1.76 bits per heavy atom. The first-order valence-electron chi connectivity index (χ1n) is 11.4. The largest absolute Gasteiger partial charge is 0.347 e. The second kappa shape index (κ2) is 8.46. The summed E-state index contributed by atoms with van der Waals surface area (Å²) in [4.78, 5) is 11.5. The zero-order chi connectivity index (χ0) is 19.8. The van der Waals surface area contributed by atoms with Gasteiger partial charge >= 0.3 is 0 Å². The van der Waals surface area contributed by atoms with Crippen molar-refractivity contribution in [1.29, 1.82) is 0 Å². The molecule has 156 valence electrons. The standard InChI is InChI=1S/C24H33N3OS/c1-3-6-18-7-9-19(10-8-18)23-25-17(2)22(29-23)21-24(28-21)27-15-11-20(12-16-27)26-13-4-5-14-26/h7-10,20-21,24H,3-6,11-16H2,1-2H3. The van der Waals surface area contributed by atoms with E-state index >= 15 is 0 Å². The van der Waals surface area contributed by atoms with Crippen molar-refractivity contribution < 1.29 is 4.74 Å². The molecule has 3 saturated heterocycles. The zero-order valence-corrected chi connectivity index (χ0v) is 18.6.